The second-order valence-electron chi connectivity index (χ2n) is 4.14. The minimum absolute atomic E-state index is 0.0831. The lowest BCUT2D eigenvalue weighted by Crippen LogP contribution is -2.34. The van der Waals surface area contributed by atoms with Crippen LogP contribution in [0.5, 0.6) is 5.75 Å². The first-order chi connectivity index (χ1) is 8.08. The maximum atomic E-state index is 11.9. The number of hydrogen-bond donors (Lipinski definition) is 2. The molecule has 0 aromatic heterocycles. The van der Waals surface area contributed by atoms with Gasteiger partial charge in [0.1, 0.15) is 5.75 Å². The van der Waals surface area contributed by atoms with Gasteiger partial charge in [-0.25, -0.2) is 0 Å². The van der Waals surface area contributed by atoms with Crippen molar-refractivity contribution in [3.8, 4) is 5.75 Å². The van der Waals surface area contributed by atoms with E-state index in [4.69, 9.17) is 10.5 Å². The summed E-state index contributed by atoms with van der Waals surface area (Å²) in [7, 11) is 1.60. The average Bonchev–Trinajstić information content (AvgIpc) is 2.29. The Bertz CT molecular complexity index is 391. The Balaban J connectivity index is 2.75. The Hall–Kier alpha value is -1.55. The second kappa shape index (κ2) is 6.25. The minimum Gasteiger partial charge on any atom is -0.496 e. The quantitative estimate of drug-likeness (QED) is 0.813. The van der Waals surface area contributed by atoms with Crippen molar-refractivity contribution in [2.75, 3.05) is 13.7 Å². The fourth-order valence-electron chi connectivity index (χ4n) is 1.59. The highest BCUT2D eigenvalue weighted by molar-refractivity contribution is 5.94. The number of methoxy groups -OCH3 is 1. The van der Waals surface area contributed by atoms with E-state index in [2.05, 4.69) is 5.32 Å². The van der Waals surface area contributed by atoms with Gasteiger partial charge in [-0.15, -0.1) is 0 Å². The average molecular weight is 236 g/mol. The van der Waals surface area contributed by atoms with Crippen LogP contribution in [0.3, 0.4) is 0 Å². The van der Waals surface area contributed by atoms with Crippen molar-refractivity contribution in [3.63, 3.8) is 0 Å². The van der Waals surface area contributed by atoms with E-state index >= 15 is 0 Å². The molecule has 1 rings (SSSR count). The second-order valence-corrected chi connectivity index (χ2v) is 4.14. The van der Waals surface area contributed by atoms with E-state index in [1.165, 1.54) is 0 Å². The lowest BCUT2D eigenvalue weighted by molar-refractivity contribution is 0.0938. The van der Waals surface area contributed by atoms with E-state index in [1.807, 2.05) is 19.9 Å². The molecular formula is C13H20N2O2. The van der Waals surface area contributed by atoms with Crippen LogP contribution < -0.4 is 15.8 Å². The van der Waals surface area contributed by atoms with Crippen LogP contribution >= 0.6 is 0 Å². The van der Waals surface area contributed by atoms with Crippen molar-refractivity contribution in [3.05, 3.63) is 29.3 Å². The Morgan fingerprint density at radius 2 is 2.24 bits per heavy atom. The van der Waals surface area contributed by atoms with Gasteiger partial charge >= 0.3 is 0 Å². The number of carbonyl (C=O) groups excluding carboxylic acids is 1. The zero-order chi connectivity index (χ0) is 12.8. The molecule has 0 aliphatic rings. The molecule has 4 heteroatoms. The molecule has 0 aliphatic carbocycles. The molecule has 0 bridgehead atoms. The predicted octanol–water partition coefficient (Wildman–Crippen LogP) is 1.47. The molecule has 1 atom stereocenters. The summed E-state index contributed by atoms with van der Waals surface area (Å²) in [5, 5.41) is 2.89. The number of rotatable bonds is 5. The van der Waals surface area contributed by atoms with Crippen LogP contribution in [-0.2, 0) is 0 Å². The highest BCUT2D eigenvalue weighted by Gasteiger charge is 2.10. The van der Waals surface area contributed by atoms with Gasteiger partial charge in [-0.3, -0.25) is 4.79 Å². The van der Waals surface area contributed by atoms with Crippen molar-refractivity contribution in [1.29, 1.82) is 0 Å². The SMILES string of the molecule is COc1cc(C(=O)NC(C)CCN)ccc1C. The lowest BCUT2D eigenvalue weighted by Gasteiger charge is -2.13. The molecule has 1 aromatic rings. The normalized spacial score (nSPS) is 12.0. The zero-order valence-electron chi connectivity index (χ0n) is 10.6. The molecule has 0 saturated heterocycles. The van der Waals surface area contributed by atoms with Gasteiger partial charge in [0.2, 0.25) is 0 Å². The number of amides is 1. The van der Waals surface area contributed by atoms with Crippen LogP contribution in [0, 0.1) is 6.92 Å². The summed E-state index contributed by atoms with van der Waals surface area (Å²) in [6, 6.07) is 5.50. The molecule has 1 amide bonds. The van der Waals surface area contributed by atoms with Crippen molar-refractivity contribution < 1.29 is 9.53 Å². The van der Waals surface area contributed by atoms with E-state index in [9.17, 15) is 4.79 Å². The molecule has 4 nitrogen and oxygen atoms in total. The number of ether oxygens (including phenoxy) is 1. The van der Waals surface area contributed by atoms with Crippen molar-refractivity contribution >= 4 is 5.91 Å². The van der Waals surface area contributed by atoms with Gasteiger partial charge in [0.15, 0.2) is 0 Å². The van der Waals surface area contributed by atoms with Gasteiger partial charge in [-0.1, -0.05) is 6.07 Å². The van der Waals surface area contributed by atoms with Crippen LogP contribution in [0.15, 0.2) is 18.2 Å². The fourth-order valence-corrected chi connectivity index (χ4v) is 1.59. The number of benzene rings is 1. The standard InChI is InChI=1S/C13H20N2O2/c1-9-4-5-11(8-12(9)17-3)13(16)15-10(2)6-7-14/h4-5,8,10H,6-7,14H2,1-3H3,(H,15,16). The number of aryl methyl sites for hydroxylation is 1. The monoisotopic (exact) mass is 236 g/mol. The molecule has 0 saturated carbocycles. The Morgan fingerprint density at radius 3 is 2.82 bits per heavy atom. The van der Waals surface area contributed by atoms with Crippen LogP contribution in [0.4, 0.5) is 0 Å². The minimum atomic E-state index is -0.0933. The van der Waals surface area contributed by atoms with E-state index in [0.29, 0.717) is 12.1 Å². The van der Waals surface area contributed by atoms with Gasteiger partial charge in [-0.05, 0) is 44.5 Å². The van der Waals surface area contributed by atoms with Gasteiger partial charge in [-0.2, -0.15) is 0 Å². The summed E-state index contributed by atoms with van der Waals surface area (Å²) in [5.41, 5.74) is 7.06. The molecule has 1 aromatic carbocycles. The first-order valence-electron chi connectivity index (χ1n) is 5.74. The van der Waals surface area contributed by atoms with Gasteiger partial charge in [0, 0.05) is 11.6 Å². The predicted molar refractivity (Wildman–Crippen MR) is 68.3 cm³/mol. The van der Waals surface area contributed by atoms with Crippen molar-refractivity contribution in [1.82, 2.24) is 5.32 Å². The number of carbonyl (C=O) groups is 1. The topological polar surface area (TPSA) is 64.3 Å². The third-order valence-corrected chi connectivity index (χ3v) is 2.65. The maximum Gasteiger partial charge on any atom is 0.251 e. The van der Waals surface area contributed by atoms with Crippen LogP contribution in [0.25, 0.3) is 0 Å². The molecular weight excluding hydrogens is 216 g/mol. The molecule has 1 unspecified atom stereocenters. The molecule has 3 N–H and O–H groups in total. The molecule has 17 heavy (non-hydrogen) atoms. The van der Waals surface area contributed by atoms with Crippen molar-refractivity contribution in [2.24, 2.45) is 5.73 Å². The lowest BCUT2D eigenvalue weighted by atomic mass is 10.1. The Morgan fingerprint density at radius 1 is 1.53 bits per heavy atom. The highest BCUT2D eigenvalue weighted by Crippen LogP contribution is 2.18. The Labute approximate surface area is 102 Å². The van der Waals surface area contributed by atoms with Crippen molar-refractivity contribution in [2.45, 2.75) is 26.3 Å². The third-order valence-electron chi connectivity index (χ3n) is 2.65. The summed E-state index contributed by atoms with van der Waals surface area (Å²) in [5.74, 6) is 0.633. The molecule has 0 spiro atoms. The summed E-state index contributed by atoms with van der Waals surface area (Å²) < 4.78 is 5.19. The highest BCUT2D eigenvalue weighted by atomic mass is 16.5. The molecule has 0 fully saturated rings. The zero-order valence-corrected chi connectivity index (χ0v) is 10.6. The van der Waals surface area contributed by atoms with Crippen LogP contribution in [-0.4, -0.2) is 25.6 Å². The van der Waals surface area contributed by atoms with E-state index in [-0.39, 0.29) is 11.9 Å². The summed E-state index contributed by atoms with van der Waals surface area (Å²) in [6.45, 7) is 4.45. The van der Waals surface area contributed by atoms with Gasteiger partial charge < -0.3 is 15.8 Å². The van der Waals surface area contributed by atoms with E-state index in [0.717, 1.165) is 17.7 Å². The maximum absolute atomic E-state index is 11.9. The van der Waals surface area contributed by atoms with Crippen LogP contribution in [0.1, 0.15) is 29.3 Å². The molecule has 0 aliphatic heterocycles. The molecule has 94 valence electrons. The summed E-state index contributed by atoms with van der Waals surface area (Å²) in [6.07, 6.45) is 0.773. The van der Waals surface area contributed by atoms with Gasteiger partial charge in [0.05, 0.1) is 7.11 Å². The number of nitrogens with one attached hydrogen (secondary N) is 1. The first kappa shape index (κ1) is 13.5. The van der Waals surface area contributed by atoms with E-state index < -0.39 is 0 Å². The largest absolute Gasteiger partial charge is 0.496 e. The number of nitrogens with two attached hydrogens (primary N) is 1. The smallest absolute Gasteiger partial charge is 0.251 e. The third kappa shape index (κ3) is 3.75. The Kier molecular flexibility index (Phi) is 4.97. The fraction of sp³-hybridized carbons (Fsp3) is 0.462. The molecule has 0 radical (unpaired) electrons. The van der Waals surface area contributed by atoms with E-state index in [1.54, 1.807) is 19.2 Å². The summed E-state index contributed by atoms with van der Waals surface area (Å²) >= 11 is 0. The molecule has 0 heterocycles. The number of hydrogen-bond acceptors (Lipinski definition) is 3. The summed E-state index contributed by atoms with van der Waals surface area (Å²) in [4.78, 5) is 11.9. The van der Waals surface area contributed by atoms with Gasteiger partial charge in [0.25, 0.3) is 5.91 Å². The van der Waals surface area contributed by atoms with Crippen LogP contribution in [0.2, 0.25) is 0 Å². The first-order valence-corrected chi connectivity index (χ1v) is 5.74.